The zero-order valence-corrected chi connectivity index (χ0v) is 19.4. The number of aromatic hydroxyl groups is 1. The van der Waals surface area contributed by atoms with Crippen LogP contribution in [0.25, 0.3) is 5.70 Å². The topological polar surface area (TPSA) is 111 Å². The van der Waals surface area contributed by atoms with Gasteiger partial charge in [-0.15, -0.1) is 0 Å². The monoisotopic (exact) mass is 450 g/mol. The number of nitrogens with one attached hydrogen (secondary N) is 1. The van der Waals surface area contributed by atoms with Gasteiger partial charge in [0.2, 0.25) is 0 Å². The number of para-hydroxylation sites is 1. The van der Waals surface area contributed by atoms with Gasteiger partial charge in [-0.3, -0.25) is 4.79 Å². The van der Waals surface area contributed by atoms with E-state index in [0.717, 1.165) is 18.4 Å². The number of carbonyl (C=O) groups is 1. The predicted octanol–water partition coefficient (Wildman–Crippen LogP) is 3.23. The van der Waals surface area contributed by atoms with E-state index < -0.39 is 5.60 Å². The molecule has 0 unspecified atom stereocenters. The highest BCUT2D eigenvalue weighted by molar-refractivity contribution is 6.13. The molecule has 1 aliphatic heterocycles. The molecule has 1 heterocycles. The maximum Gasteiger partial charge on any atom is 0.252 e. The first-order valence-electron chi connectivity index (χ1n) is 11.5. The van der Waals surface area contributed by atoms with Crippen molar-refractivity contribution in [2.24, 2.45) is 10.7 Å². The summed E-state index contributed by atoms with van der Waals surface area (Å²) >= 11 is 0. The number of hydrogen-bond donors (Lipinski definition) is 4. The summed E-state index contributed by atoms with van der Waals surface area (Å²) in [6.07, 6.45) is 9.84. The Bertz CT molecular complexity index is 1010. The lowest BCUT2D eigenvalue weighted by Crippen LogP contribution is -2.52. The summed E-state index contributed by atoms with van der Waals surface area (Å²) in [4.78, 5) is 19.2. The van der Waals surface area contributed by atoms with E-state index in [1.54, 1.807) is 18.2 Å². The summed E-state index contributed by atoms with van der Waals surface area (Å²) in [5.41, 5.74) is 7.74. The molecule has 176 valence electrons. The molecule has 0 atom stereocenters. The highest BCUT2D eigenvalue weighted by Gasteiger charge is 2.34. The van der Waals surface area contributed by atoms with Crippen molar-refractivity contribution >= 4 is 17.3 Å². The van der Waals surface area contributed by atoms with Gasteiger partial charge in [0.25, 0.3) is 5.91 Å². The van der Waals surface area contributed by atoms with E-state index in [1.165, 1.54) is 0 Å². The maximum absolute atomic E-state index is 12.5. The molecule has 1 aromatic carbocycles. The molecule has 0 saturated carbocycles. The summed E-state index contributed by atoms with van der Waals surface area (Å²) in [5, 5.41) is 23.5. The SMILES string of the molecule is C=C(/N=C1/C=CC=C/C1=C(/N)N1CCC(NC(=O)C(O)(CC)CC)CC1)c1ccccc1O. The van der Waals surface area contributed by atoms with Crippen molar-refractivity contribution in [3.05, 3.63) is 72.1 Å². The number of aliphatic hydroxyl groups is 1. The van der Waals surface area contributed by atoms with E-state index >= 15 is 0 Å². The average molecular weight is 451 g/mol. The average Bonchev–Trinajstić information content (AvgIpc) is 2.84. The minimum atomic E-state index is -1.31. The van der Waals surface area contributed by atoms with Crippen LogP contribution in [0.1, 0.15) is 45.1 Å². The van der Waals surface area contributed by atoms with Gasteiger partial charge in [0.1, 0.15) is 17.2 Å². The van der Waals surface area contributed by atoms with Gasteiger partial charge in [-0.2, -0.15) is 0 Å². The van der Waals surface area contributed by atoms with Crippen LogP contribution in [-0.2, 0) is 4.79 Å². The zero-order valence-electron chi connectivity index (χ0n) is 19.4. The van der Waals surface area contributed by atoms with E-state index in [-0.39, 0.29) is 17.7 Å². The summed E-state index contributed by atoms with van der Waals surface area (Å²) < 4.78 is 0. The molecular formula is C26H34N4O3. The number of carbonyl (C=O) groups excluding carboxylic acids is 1. The fourth-order valence-corrected chi connectivity index (χ4v) is 4.04. The Balaban J connectivity index is 1.71. The van der Waals surface area contributed by atoms with Gasteiger partial charge in [-0.1, -0.05) is 44.7 Å². The second-order valence-corrected chi connectivity index (χ2v) is 8.45. The molecule has 1 aromatic rings. The van der Waals surface area contributed by atoms with Crippen molar-refractivity contribution in [3.8, 4) is 5.75 Å². The number of likely N-dealkylation sites (tertiary alicyclic amines) is 1. The minimum Gasteiger partial charge on any atom is -0.507 e. The molecule has 1 amide bonds. The minimum absolute atomic E-state index is 0.00643. The largest absolute Gasteiger partial charge is 0.507 e. The normalized spacial score (nSPS) is 19.6. The fraction of sp³-hybridized carbons (Fsp3) is 0.385. The van der Waals surface area contributed by atoms with E-state index in [0.29, 0.717) is 48.7 Å². The molecule has 7 nitrogen and oxygen atoms in total. The van der Waals surface area contributed by atoms with Crippen molar-refractivity contribution in [1.29, 1.82) is 0 Å². The standard InChI is InChI=1S/C26H34N4O3/c1-4-26(33,5-2)25(32)29-19-14-16-30(17-15-19)24(27)21-11-6-8-12-22(21)28-18(3)20-10-7-9-13-23(20)31/h6-13,19,31,33H,3-5,14-17,27H2,1-2H3,(H,29,32)/b24-21+,28-22-. The lowest BCUT2D eigenvalue weighted by Gasteiger charge is -2.36. The maximum atomic E-state index is 12.5. The number of piperidine rings is 1. The number of allylic oxidation sites excluding steroid dienone is 5. The molecule has 2 aliphatic rings. The number of phenolic OH excluding ortho intramolecular Hbond substituents is 1. The molecule has 0 radical (unpaired) electrons. The number of hydrogen-bond acceptors (Lipinski definition) is 6. The lowest BCUT2D eigenvalue weighted by atomic mass is 9.95. The second-order valence-electron chi connectivity index (χ2n) is 8.45. The van der Waals surface area contributed by atoms with Crippen LogP contribution in [-0.4, -0.2) is 51.5 Å². The number of amides is 1. The Morgan fingerprint density at radius 1 is 1.21 bits per heavy atom. The van der Waals surface area contributed by atoms with Crippen molar-refractivity contribution in [3.63, 3.8) is 0 Å². The highest BCUT2D eigenvalue weighted by atomic mass is 16.3. The zero-order chi connectivity index (χ0) is 24.0. The van der Waals surface area contributed by atoms with Crippen LogP contribution in [0.15, 0.2) is 71.5 Å². The molecular weight excluding hydrogens is 416 g/mol. The second kappa shape index (κ2) is 10.5. The quantitative estimate of drug-likeness (QED) is 0.510. The van der Waals surface area contributed by atoms with Gasteiger partial charge < -0.3 is 26.2 Å². The molecule has 3 rings (SSSR count). The number of nitrogens with two attached hydrogens (primary N) is 1. The van der Waals surface area contributed by atoms with Crippen LogP contribution < -0.4 is 11.1 Å². The number of nitrogens with zero attached hydrogens (tertiary/aromatic N) is 2. The highest BCUT2D eigenvalue weighted by Crippen LogP contribution is 2.26. The Morgan fingerprint density at radius 2 is 1.85 bits per heavy atom. The van der Waals surface area contributed by atoms with Gasteiger partial charge >= 0.3 is 0 Å². The molecule has 1 saturated heterocycles. The smallest absolute Gasteiger partial charge is 0.252 e. The van der Waals surface area contributed by atoms with Crippen LogP contribution >= 0.6 is 0 Å². The van der Waals surface area contributed by atoms with E-state index in [4.69, 9.17) is 5.73 Å². The molecule has 5 N–H and O–H groups in total. The Hall–Kier alpha value is -3.32. The first-order valence-corrected chi connectivity index (χ1v) is 11.5. The summed E-state index contributed by atoms with van der Waals surface area (Å²) in [5.74, 6) is 0.445. The number of aliphatic imine (C=N–C) groups is 1. The molecule has 0 spiro atoms. The first-order chi connectivity index (χ1) is 15.8. The van der Waals surface area contributed by atoms with Crippen LogP contribution in [0.5, 0.6) is 5.75 Å². The van der Waals surface area contributed by atoms with Crippen LogP contribution in [0, 0.1) is 0 Å². The van der Waals surface area contributed by atoms with E-state index in [1.807, 2.05) is 44.2 Å². The van der Waals surface area contributed by atoms with Gasteiger partial charge in [-0.25, -0.2) is 4.99 Å². The van der Waals surface area contributed by atoms with Gasteiger partial charge in [0.05, 0.1) is 11.4 Å². The van der Waals surface area contributed by atoms with E-state index in [9.17, 15) is 15.0 Å². The number of benzene rings is 1. The molecule has 0 bridgehead atoms. The summed E-state index contributed by atoms with van der Waals surface area (Å²) in [7, 11) is 0. The summed E-state index contributed by atoms with van der Waals surface area (Å²) in [6.45, 7) is 9.01. The molecule has 33 heavy (non-hydrogen) atoms. The first kappa shape index (κ1) is 24.3. The number of rotatable bonds is 7. The Kier molecular flexibility index (Phi) is 7.76. The fourth-order valence-electron chi connectivity index (χ4n) is 4.04. The van der Waals surface area contributed by atoms with Crippen LogP contribution in [0.3, 0.4) is 0 Å². The Morgan fingerprint density at radius 3 is 2.48 bits per heavy atom. The summed E-state index contributed by atoms with van der Waals surface area (Å²) in [6, 6.07) is 6.96. The molecule has 1 aliphatic carbocycles. The third kappa shape index (κ3) is 5.54. The van der Waals surface area contributed by atoms with Crippen molar-refractivity contribution in [2.75, 3.05) is 13.1 Å². The molecule has 0 aromatic heterocycles. The predicted molar refractivity (Wildman–Crippen MR) is 132 cm³/mol. The van der Waals surface area contributed by atoms with Crippen molar-refractivity contribution in [1.82, 2.24) is 10.2 Å². The number of phenols is 1. The van der Waals surface area contributed by atoms with Crippen molar-refractivity contribution < 1.29 is 15.0 Å². The van der Waals surface area contributed by atoms with Crippen LogP contribution in [0.4, 0.5) is 0 Å². The lowest BCUT2D eigenvalue weighted by molar-refractivity contribution is -0.141. The van der Waals surface area contributed by atoms with Gasteiger partial charge in [0.15, 0.2) is 0 Å². The third-order valence-corrected chi connectivity index (χ3v) is 6.41. The van der Waals surface area contributed by atoms with Crippen LogP contribution in [0.2, 0.25) is 0 Å². The van der Waals surface area contributed by atoms with E-state index in [2.05, 4.69) is 21.8 Å². The molecule has 1 fully saturated rings. The Labute approximate surface area is 195 Å². The van der Waals surface area contributed by atoms with Gasteiger partial charge in [-0.05, 0) is 50.0 Å². The van der Waals surface area contributed by atoms with Gasteiger partial charge in [0, 0.05) is 30.3 Å². The third-order valence-electron chi connectivity index (χ3n) is 6.41. The molecule has 7 heteroatoms. The van der Waals surface area contributed by atoms with Crippen molar-refractivity contribution in [2.45, 2.75) is 51.2 Å².